The number of guanidine groups is 1. The number of nitrogens with zero attached hydrogens (tertiary/aromatic N) is 1. The SMILES string of the molecule is COC(=O)C1CN=C(N)NC1. The van der Waals surface area contributed by atoms with Crippen LogP contribution in [0.1, 0.15) is 0 Å². The Morgan fingerprint density at radius 3 is 3.09 bits per heavy atom. The Labute approximate surface area is 64.6 Å². The summed E-state index contributed by atoms with van der Waals surface area (Å²) >= 11 is 0. The van der Waals surface area contributed by atoms with Crippen molar-refractivity contribution >= 4 is 11.9 Å². The Morgan fingerprint density at radius 2 is 2.64 bits per heavy atom. The number of esters is 1. The summed E-state index contributed by atoms with van der Waals surface area (Å²) in [4.78, 5) is 14.8. The molecule has 11 heavy (non-hydrogen) atoms. The van der Waals surface area contributed by atoms with E-state index in [2.05, 4.69) is 15.0 Å². The zero-order valence-corrected chi connectivity index (χ0v) is 6.33. The number of hydrogen-bond acceptors (Lipinski definition) is 5. The third kappa shape index (κ3) is 1.83. The van der Waals surface area contributed by atoms with Crippen molar-refractivity contribution < 1.29 is 9.53 Å². The molecular weight excluding hydrogens is 146 g/mol. The number of nitrogens with two attached hydrogens (primary N) is 1. The van der Waals surface area contributed by atoms with E-state index in [0.717, 1.165) is 0 Å². The lowest BCUT2D eigenvalue weighted by Crippen LogP contribution is -2.43. The van der Waals surface area contributed by atoms with Crippen LogP contribution >= 0.6 is 0 Å². The van der Waals surface area contributed by atoms with Gasteiger partial charge in [-0.05, 0) is 0 Å². The van der Waals surface area contributed by atoms with Crippen LogP contribution in [-0.2, 0) is 9.53 Å². The topological polar surface area (TPSA) is 76.7 Å². The Morgan fingerprint density at radius 1 is 1.91 bits per heavy atom. The maximum absolute atomic E-state index is 10.9. The molecule has 0 radical (unpaired) electrons. The van der Waals surface area contributed by atoms with Crippen LogP contribution in [0.15, 0.2) is 4.99 Å². The third-order valence-electron chi connectivity index (χ3n) is 1.55. The van der Waals surface area contributed by atoms with Crippen molar-refractivity contribution in [2.45, 2.75) is 0 Å². The van der Waals surface area contributed by atoms with Gasteiger partial charge in [-0.25, -0.2) is 0 Å². The van der Waals surface area contributed by atoms with Gasteiger partial charge in [-0.2, -0.15) is 0 Å². The van der Waals surface area contributed by atoms with E-state index in [4.69, 9.17) is 5.73 Å². The standard InChI is InChI=1S/C6H11N3O2/c1-11-5(10)4-2-8-6(7)9-3-4/h4H,2-3H2,1H3,(H3,7,8,9). The predicted octanol–water partition coefficient (Wildman–Crippen LogP) is -1.31. The first-order valence-electron chi connectivity index (χ1n) is 3.35. The Kier molecular flexibility index (Phi) is 2.30. The second-order valence-corrected chi connectivity index (χ2v) is 2.33. The fraction of sp³-hybridized carbons (Fsp3) is 0.667. The van der Waals surface area contributed by atoms with Gasteiger partial charge in [-0.3, -0.25) is 9.79 Å². The van der Waals surface area contributed by atoms with Crippen LogP contribution in [-0.4, -0.2) is 32.1 Å². The van der Waals surface area contributed by atoms with Gasteiger partial charge in [0.25, 0.3) is 0 Å². The lowest BCUT2D eigenvalue weighted by Gasteiger charge is -2.18. The molecule has 1 unspecified atom stereocenters. The summed E-state index contributed by atoms with van der Waals surface area (Å²) in [5.41, 5.74) is 5.33. The molecule has 0 fully saturated rings. The van der Waals surface area contributed by atoms with Gasteiger partial charge in [0.2, 0.25) is 0 Å². The second kappa shape index (κ2) is 3.23. The van der Waals surface area contributed by atoms with E-state index in [1.54, 1.807) is 0 Å². The highest BCUT2D eigenvalue weighted by Crippen LogP contribution is 2.01. The van der Waals surface area contributed by atoms with E-state index in [0.29, 0.717) is 19.0 Å². The summed E-state index contributed by atoms with van der Waals surface area (Å²) in [5.74, 6) is -0.0359. The average molecular weight is 157 g/mol. The first-order chi connectivity index (χ1) is 5.24. The number of carbonyl (C=O) groups excluding carboxylic acids is 1. The number of rotatable bonds is 1. The number of nitrogens with one attached hydrogen (secondary N) is 1. The molecule has 0 bridgehead atoms. The number of methoxy groups -OCH3 is 1. The number of ether oxygens (including phenoxy) is 1. The van der Waals surface area contributed by atoms with E-state index in [9.17, 15) is 4.79 Å². The van der Waals surface area contributed by atoms with Crippen molar-refractivity contribution in [3.05, 3.63) is 0 Å². The molecule has 0 saturated carbocycles. The zero-order valence-electron chi connectivity index (χ0n) is 6.33. The molecule has 1 heterocycles. The van der Waals surface area contributed by atoms with Crippen molar-refractivity contribution in [2.24, 2.45) is 16.6 Å². The molecule has 5 nitrogen and oxygen atoms in total. The van der Waals surface area contributed by atoms with Crippen LogP contribution in [0.3, 0.4) is 0 Å². The van der Waals surface area contributed by atoms with Gasteiger partial charge in [-0.1, -0.05) is 0 Å². The lowest BCUT2D eigenvalue weighted by atomic mass is 10.1. The fourth-order valence-corrected chi connectivity index (χ4v) is 0.881. The van der Waals surface area contributed by atoms with Crippen LogP contribution in [0.25, 0.3) is 0 Å². The summed E-state index contributed by atoms with van der Waals surface area (Å²) in [6, 6.07) is 0. The molecule has 1 aliphatic heterocycles. The summed E-state index contributed by atoms with van der Waals surface area (Å²) in [6.45, 7) is 0.938. The summed E-state index contributed by atoms with van der Waals surface area (Å²) in [6.07, 6.45) is 0. The fourth-order valence-electron chi connectivity index (χ4n) is 0.881. The van der Waals surface area contributed by atoms with E-state index < -0.39 is 0 Å². The Balaban J connectivity index is 2.47. The van der Waals surface area contributed by atoms with Crippen molar-refractivity contribution in [1.82, 2.24) is 5.32 Å². The average Bonchev–Trinajstić information content (AvgIpc) is 2.05. The second-order valence-electron chi connectivity index (χ2n) is 2.33. The number of aliphatic imine (C=N–C) groups is 1. The summed E-state index contributed by atoms with van der Waals surface area (Å²) in [7, 11) is 1.37. The van der Waals surface area contributed by atoms with E-state index in [1.807, 2.05) is 0 Å². The monoisotopic (exact) mass is 157 g/mol. The number of carbonyl (C=O) groups is 1. The molecule has 0 aromatic heterocycles. The molecule has 5 heteroatoms. The highest BCUT2D eigenvalue weighted by molar-refractivity contribution is 5.81. The Bertz CT molecular complexity index is 190. The molecule has 1 rings (SSSR count). The molecule has 3 N–H and O–H groups in total. The highest BCUT2D eigenvalue weighted by Gasteiger charge is 2.21. The van der Waals surface area contributed by atoms with Crippen LogP contribution in [0, 0.1) is 5.92 Å². The van der Waals surface area contributed by atoms with Gasteiger partial charge in [0.1, 0.15) is 0 Å². The van der Waals surface area contributed by atoms with Gasteiger partial charge < -0.3 is 15.8 Å². The van der Waals surface area contributed by atoms with Crippen LogP contribution < -0.4 is 11.1 Å². The molecule has 0 aromatic rings. The van der Waals surface area contributed by atoms with E-state index >= 15 is 0 Å². The summed E-state index contributed by atoms with van der Waals surface area (Å²) in [5, 5.41) is 2.77. The molecule has 1 atom stereocenters. The molecule has 0 aliphatic carbocycles. The molecule has 1 aliphatic rings. The predicted molar refractivity (Wildman–Crippen MR) is 40.0 cm³/mol. The largest absolute Gasteiger partial charge is 0.469 e. The maximum atomic E-state index is 10.9. The van der Waals surface area contributed by atoms with Crippen molar-refractivity contribution in [2.75, 3.05) is 20.2 Å². The van der Waals surface area contributed by atoms with Gasteiger partial charge >= 0.3 is 5.97 Å². The van der Waals surface area contributed by atoms with Gasteiger partial charge in [0, 0.05) is 6.54 Å². The molecular formula is C6H11N3O2. The Hall–Kier alpha value is -1.26. The molecule has 62 valence electrons. The zero-order chi connectivity index (χ0) is 8.27. The maximum Gasteiger partial charge on any atom is 0.312 e. The summed E-state index contributed by atoms with van der Waals surface area (Å²) < 4.78 is 4.54. The van der Waals surface area contributed by atoms with E-state index in [1.165, 1.54) is 7.11 Å². The van der Waals surface area contributed by atoms with E-state index in [-0.39, 0.29) is 11.9 Å². The molecule has 0 saturated heterocycles. The van der Waals surface area contributed by atoms with Gasteiger partial charge in [0.15, 0.2) is 5.96 Å². The van der Waals surface area contributed by atoms with Crippen molar-refractivity contribution in [3.63, 3.8) is 0 Å². The molecule has 0 amide bonds. The minimum Gasteiger partial charge on any atom is -0.469 e. The minimum atomic E-state index is -0.242. The van der Waals surface area contributed by atoms with Crippen LogP contribution in [0.4, 0.5) is 0 Å². The van der Waals surface area contributed by atoms with Crippen molar-refractivity contribution in [3.8, 4) is 0 Å². The third-order valence-corrected chi connectivity index (χ3v) is 1.55. The van der Waals surface area contributed by atoms with Gasteiger partial charge in [0.05, 0.1) is 19.6 Å². The van der Waals surface area contributed by atoms with Gasteiger partial charge in [-0.15, -0.1) is 0 Å². The first kappa shape index (κ1) is 7.84. The number of hydrogen-bond donors (Lipinski definition) is 2. The molecule has 0 spiro atoms. The highest BCUT2D eigenvalue weighted by atomic mass is 16.5. The lowest BCUT2D eigenvalue weighted by molar-refractivity contribution is -0.144. The first-order valence-corrected chi connectivity index (χ1v) is 3.35. The normalized spacial score (nSPS) is 23.4. The quantitative estimate of drug-likeness (QED) is 0.463. The smallest absolute Gasteiger partial charge is 0.312 e. The van der Waals surface area contributed by atoms with Crippen LogP contribution in [0.2, 0.25) is 0 Å². The van der Waals surface area contributed by atoms with Crippen molar-refractivity contribution in [1.29, 1.82) is 0 Å². The minimum absolute atomic E-state index is 0.188. The van der Waals surface area contributed by atoms with Crippen LogP contribution in [0.5, 0.6) is 0 Å². The molecule has 0 aromatic carbocycles.